The van der Waals surface area contributed by atoms with Crippen LogP contribution in [0.25, 0.3) is 0 Å². The van der Waals surface area contributed by atoms with E-state index in [1.807, 2.05) is 18.2 Å². The maximum atomic E-state index is 13.8. The molecule has 1 saturated heterocycles. The van der Waals surface area contributed by atoms with Crippen LogP contribution in [0.5, 0.6) is 11.5 Å². The lowest BCUT2D eigenvalue weighted by Gasteiger charge is -2.46. The van der Waals surface area contributed by atoms with Gasteiger partial charge in [0.15, 0.2) is 6.29 Å². The van der Waals surface area contributed by atoms with Gasteiger partial charge in [0.05, 0.1) is 26.9 Å². The van der Waals surface area contributed by atoms with Crippen LogP contribution in [0.15, 0.2) is 18.2 Å². The number of aldehydes is 1. The van der Waals surface area contributed by atoms with Gasteiger partial charge >= 0.3 is 6.18 Å². The summed E-state index contributed by atoms with van der Waals surface area (Å²) >= 11 is 0.667. The van der Waals surface area contributed by atoms with Crippen LogP contribution >= 0.6 is 11.3 Å². The largest absolute Gasteiger partial charge is 0.497 e. The Morgan fingerprint density at radius 2 is 2.03 bits per heavy atom. The maximum absolute atomic E-state index is 13.8. The van der Waals surface area contributed by atoms with Gasteiger partial charge in [-0.25, -0.2) is 0 Å². The summed E-state index contributed by atoms with van der Waals surface area (Å²) in [6.07, 6.45) is -2.98. The molecule has 2 aliphatic heterocycles. The number of likely N-dealkylation sites (tertiary alicyclic amines) is 1. The Morgan fingerprint density at radius 3 is 2.65 bits per heavy atom. The van der Waals surface area contributed by atoms with E-state index in [0.29, 0.717) is 71.9 Å². The molecule has 37 heavy (non-hydrogen) atoms. The fourth-order valence-electron chi connectivity index (χ4n) is 5.04. The average Bonchev–Trinajstić information content (AvgIpc) is 3.25. The summed E-state index contributed by atoms with van der Waals surface area (Å²) < 4.78 is 58.6. The van der Waals surface area contributed by atoms with Crippen LogP contribution < -0.4 is 9.47 Å². The molecule has 2 unspecified atom stereocenters. The molecular formula is C27H32F3NO4SSi. The van der Waals surface area contributed by atoms with Crippen LogP contribution in [0.3, 0.4) is 0 Å². The fourth-order valence-corrected chi connectivity index (χ4v) is 7.00. The zero-order valence-electron chi connectivity index (χ0n) is 21.8. The number of alkyl halides is 3. The van der Waals surface area contributed by atoms with E-state index in [4.69, 9.17) is 14.2 Å². The number of methoxy groups -OCH3 is 2. The van der Waals surface area contributed by atoms with E-state index in [1.54, 1.807) is 14.2 Å². The molecule has 1 spiro atoms. The molecule has 0 radical (unpaired) electrons. The van der Waals surface area contributed by atoms with E-state index >= 15 is 0 Å². The number of benzene rings is 1. The maximum Gasteiger partial charge on any atom is 0.426 e. The predicted molar refractivity (Wildman–Crippen MR) is 140 cm³/mol. The van der Waals surface area contributed by atoms with Gasteiger partial charge in [-0.3, -0.25) is 9.69 Å². The number of rotatable bonds is 5. The topological polar surface area (TPSA) is 48.0 Å². The molecule has 2 aliphatic rings. The van der Waals surface area contributed by atoms with Crippen LogP contribution in [0, 0.1) is 11.5 Å². The molecular weight excluding hydrogens is 519 g/mol. The van der Waals surface area contributed by atoms with Gasteiger partial charge in [-0.15, -0.1) is 16.9 Å². The monoisotopic (exact) mass is 551 g/mol. The van der Waals surface area contributed by atoms with Crippen LogP contribution in [0.4, 0.5) is 13.2 Å². The van der Waals surface area contributed by atoms with Crippen molar-refractivity contribution in [2.24, 2.45) is 0 Å². The minimum absolute atomic E-state index is 0.227. The molecule has 2 atom stereocenters. The molecule has 0 saturated carbocycles. The highest BCUT2D eigenvalue weighted by atomic mass is 32.1. The second-order valence-corrected chi connectivity index (χ2v) is 16.3. The standard InChI is InChI=1S/C27H32F3NO4SSi/c1-33-20-7-6-18(23(14-20)34-2)16-31-11-10-26(15-19(31)9-13-37(3,4)5)24-21(8-12-35-26)22(17-32)25(36-24)27(28,29)30/h6-7,14,17,19H,8,10-12,15-16H2,1-5H3. The van der Waals surface area contributed by atoms with Gasteiger partial charge in [-0.05, 0) is 24.5 Å². The first-order chi connectivity index (χ1) is 17.4. The van der Waals surface area contributed by atoms with E-state index in [0.717, 1.165) is 5.56 Å². The number of hydrogen-bond donors (Lipinski definition) is 0. The molecule has 1 aromatic carbocycles. The van der Waals surface area contributed by atoms with E-state index in [9.17, 15) is 18.0 Å². The van der Waals surface area contributed by atoms with Crippen molar-refractivity contribution in [2.45, 2.75) is 63.3 Å². The van der Waals surface area contributed by atoms with Crippen molar-refractivity contribution in [3.63, 3.8) is 0 Å². The van der Waals surface area contributed by atoms with Crippen LogP contribution in [0.1, 0.15) is 44.1 Å². The molecule has 2 aromatic rings. The quantitative estimate of drug-likeness (QED) is 0.263. The Kier molecular flexibility index (Phi) is 7.82. The molecule has 0 aliphatic carbocycles. The molecule has 3 heterocycles. The molecule has 0 amide bonds. The lowest BCUT2D eigenvalue weighted by molar-refractivity contribution is -0.134. The van der Waals surface area contributed by atoms with Crippen molar-refractivity contribution < 1.29 is 32.2 Å². The van der Waals surface area contributed by atoms with Crippen molar-refractivity contribution in [3.05, 3.63) is 44.6 Å². The smallest absolute Gasteiger partial charge is 0.426 e. The normalized spacial score (nSPS) is 22.2. The van der Waals surface area contributed by atoms with Gasteiger partial charge in [0.2, 0.25) is 0 Å². The summed E-state index contributed by atoms with van der Waals surface area (Å²) in [5.74, 6) is 4.86. The summed E-state index contributed by atoms with van der Waals surface area (Å²) in [4.78, 5) is 13.7. The summed E-state index contributed by atoms with van der Waals surface area (Å²) in [5.41, 5.74) is 3.80. The number of thiophene rings is 1. The third kappa shape index (κ3) is 5.75. The highest BCUT2D eigenvalue weighted by molar-refractivity contribution is 7.12. The number of carbonyl (C=O) groups excluding carboxylic acids is 1. The minimum Gasteiger partial charge on any atom is -0.497 e. The first-order valence-electron chi connectivity index (χ1n) is 12.2. The van der Waals surface area contributed by atoms with Gasteiger partial charge < -0.3 is 14.2 Å². The second kappa shape index (κ2) is 10.4. The van der Waals surface area contributed by atoms with Crippen LogP contribution in [-0.2, 0) is 29.5 Å². The van der Waals surface area contributed by atoms with Crippen molar-refractivity contribution in [1.29, 1.82) is 0 Å². The number of piperidine rings is 1. The van der Waals surface area contributed by atoms with E-state index < -0.39 is 24.7 Å². The summed E-state index contributed by atoms with van der Waals surface area (Å²) in [6.45, 7) is 7.92. The van der Waals surface area contributed by atoms with Crippen molar-refractivity contribution in [1.82, 2.24) is 4.90 Å². The van der Waals surface area contributed by atoms with Crippen molar-refractivity contribution in [2.75, 3.05) is 27.4 Å². The Morgan fingerprint density at radius 1 is 1.27 bits per heavy atom. The Labute approximate surface area is 220 Å². The highest BCUT2D eigenvalue weighted by Crippen LogP contribution is 2.51. The van der Waals surface area contributed by atoms with Gasteiger partial charge in [-0.2, -0.15) is 13.2 Å². The molecule has 200 valence electrons. The SMILES string of the molecule is COc1ccc(CN2CCC3(CC2C#C[Si](C)(C)C)OCCc2c3sc(C(F)(F)F)c2C=O)c(OC)c1. The number of hydrogen-bond acceptors (Lipinski definition) is 6. The first kappa shape index (κ1) is 27.7. The summed E-state index contributed by atoms with van der Waals surface area (Å²) in [6, 6.07) is 5.46. The zero-order valence-corrected chi connectivity index (χ0v) is 23.6. The minimum atomic E-state index is -4.58. The highest BCUT2D eigenvalue weighted by Gasteiger charge is 2.49. The van der Waals surface area contributed by atoms with E-state index in [1.165, 1.54) is 0 Å². The zero-order chi connectivity index (χ0) is 27.0. The van der Waals surface area contributed by atoms with Crippen LogP contribution in [0.2, 0.25) is 19.6 Å². The van der Waals surface area contributed by atoms with E-state index in [-0.39, 0.29) is 18.2 Å². The molecule has 4 rings (SSSR count). The summed E-state index contributed by atoms with van der Waals surface area (Å²) in [7, 11) is 1.49. The number of fused-ring (bicyclic) bond motifs is 2. The number of nitrogens with zero attached hydrogens (tertiary/aromatic N) is 1. The van der Waals surface area contributed by atoms with Crippen LogP contribution in [-0.4, -0.2) is 52.7 Å². The first-order valence-corrected chi connectivity index (χ1v) is 16.5. The summed E-state index contributed by atoms with van der Waals surface area (Å²) in [5, 5.41) is 0. The Bertz CT molecular complexity index is 1230. The predicted octanol–water partition coefficient (Wildman–Crippen LogP) is 5.91. The van der Waals surface area contributed by atoms with Gasteiger partial charge in [0, 0.05) is 41.6 Å². The molecule has 10 heteroatoms. The number of ether oxygens (including phenoxy) is 3. The molecule has 1 fully saturated rings. The van der Waals surface area contributed by atoms with Gasteiger partial charge in [0.1, 0.15) is 30.1 Å². The number of halogens is 3. The molecule has 0 bridgehead atoms. The second-order valence-electron chi connectivity index (χ2n) is 10.5. The van der Waals surface area contributed by atoms with Crippen molar-refractivity contribution in [3.8, 4) is 23.0 Å². The molecule has 5 nitrogen and oxygen atoms in total. The van der Waals surface area contributed by atoms with Crippen molar-refractivity contribution >= 4 is 25.7 Å². The number of carbonyl (C=O) groups is 1. The Balaban J connectivity index is 1.72. The van der Waals surface area contributed by atoms with E-state index in [2.05, 4.69) is 36.0 Å². The lowest BCUT2D eigenvalue weighted by atomic mass is 9.81. The van der Waals surface area contributed by atoms with Gasteiger partial charge in [0.25, 0.3) is 0 Å². The third-order valence-corrected chi connectivity index (χ3v) is 9.19. The van der Waals surface area contributed by atoms with Gasteiger partial charge in [-0.1, -0.05) is 31.6 Å². The third-order valence-electron chi connectivity index (χ3n) is 6.82. The Hall–Kier alpha value is -2.32. The molecule has 1 aromatic heterocycles. The molecule has 0 N–H and O–H groups in total. The lowest BCUT2D eigenvalue weighted by Crippen LogP contribution is -2.50. The fraction of sp³-hybridized carbons (Fsp3) is 0.519. The average molecular weight is 552 g/mol.